The number of nitrogens with zero attached hydrogens (tertiary/aromatic N) is 2. The van der Waals surface area contributed by atoms with Crippen LogP contribution < -0.4 is 0 Å². The quantitative estimate of drug-likeness (QED) is 0.593. The van der Waals surface area contributed by atoms with Gasteiger partial charge in [-0.15, -0.1) is 0 Å². The molecule has 0 saturated carbocycles. The predicted octanol–water partition coefficient (Wildman–Crippen LogP) is -0.117. The predicted molar refractivity (Wildman–Crippen MR) is 42.1 cm³/mol. The molecule has 0 aromatic heterocycles. The molecule has 4 heteroatoms. The number of nitriles is 1. The van der Waals surface area contributed by atoms with Crippen molar-refractivity contribution in [2.75, 3.05) is 13.1 Å². The summed E-state index contributed by atoms with van der Waals surface area (Å²) in [6.45, 7) is 1.17. The molecule has 0 atom stereocenters. The Labute approximate surface area is 71.4 Å². The summed E-state index contributed by atoms with van der Waals surface area (Å²) in [6.07, 6.45) is 0.959. The highest BCUT2D eigenvalue weighted by Crippen LogP contribution is 2.10. The molecule has 0 bridgehead atoms. The zero-order valence-corrected chi connectivity index (χ0v) is 6.86. The molecule has 0 aromatic rings. The van der Waals surface area contributed by atoms with E-state index < -0.39 is 0 Å². The van der Waals surface area contributed by atoms with Crippen molar-refractivity contribution in [1.29, 1.82) is 5.26 Å². The lowest BCUT2D eigenvalue weighted by Crippen LogP contribution is -2.39. The molecule has 1 N–H and O–H groups in total. The Morgan fingerprint density at radius 3 is 2.67 bits per heavy atom. The van der Waals surface area contributed by atoms with Gasteiger partial charge in [-0.2, -0.15) is 5.26 Å². The van der Waals surface area contributed by atoms with Crippen molar-refractivity contribution in [2.45, 2.75) is 25.4 Å². The van der Waals surface area contributed by atoms with Crippen LogP contribution in [0.5, 0.6) is 0 Å². The van der Waals surface area contributed by atoms with Gasteiger partial charge in [-0.1, -0.05) is 0 Å². The van der Waals surface area contributed by atoms with Gasteiger partial charge in [0.1, 0.15) is 6.42 Å². The summed E-state index contributed by atoms with van der Waals surface area (Å²) in [5, 5.41) is 17.4. The second-order valence-electron chi connectivity index (χ2n) is 2.95. The Balaban J connectivity index is 2.35. The lowest BCUT2D eigenvalue weighted by Gasteiger charge is -2.28. The number of hydrogen-bond acceptors (Lipinski definition) is 3. The summed E-state index contributed by atoms with van der Waals surface area (Å²) in [5.74, 6) is -0.121. The van der Waals surface area contributed by atoms with Gasteiger partial charge in [-0.25, -0.2) is 0 Å². The Morgan fingerprint density at radius 2 is 2.17 bits per heavy atom. The molecule has 0 aliphatic carbocycles. The fraction of sp³-hybridized carbons (Fsp3) is 0.750. The maximum atomic E-state index is 11.1. The van der Waals surface area contributed by atoms with Crippen LogP contribution in [-0.2, 0) is 4.79 Å². The number of hydrogen-bond donors (Lipinski definition) is 1. The molecule has 1 aliphatic rings. The second kappa shape index (κ2) is 4.07. The van der Waals surface area contributed by atoms with E-state index >= 15 is 0 Å². The highest BCUT2D eigenvalue weighted by Gasteiger charge is 2.20. The standard InChI is InChI=1S/C8H12N2O2/c9-4-1-8(12)10-5-2-7(11)3-6-10/h7,11H,1-3,5-6H2. The van der Waals surface area contributed by atoms with Crippen LogP contribution in [0.25, 0.3) is 0 Å². The zero-order chi connectivity index (χ0) is 8.97. The van der Waals surface area contributed by atoms with Gasteiger partial charge in [0.15, 0.2) is 0 Å². The first kappa shape index (κ1) is 9.01. The van der Waals surface area contributed by atoms with Crippen molar-refractivity contribution >= 4 is 5.91 Å². The van der Waals surface area contributed by atoms with Gasteiger partial charge in [0.05, 0.1) is 12.2 Å². The lowest BCUT2D eigenvalue weighted by molar-refractivity contribution is -0.132. The van der Waals surface area contributed by atoms with E-state index in [1.54, 1.807) is 4.90 Å². The van der Waals surface area contributed by atoms with Gasteiger partial charge >= 0.3 is 0 Å². The molecule has 0 aromatic carbocycles. The molecule has 0 radical (unpaired) electrons. The van der Waals surface area contributed by atoms with Crippen molar-refractivity contribution in [3.63, 3.8) is 0 Å². The molecule has 1 fully saturated rings. The average molecular weight is 168 g/mol. The molecular weight excluding hydrogens is 156 g/mol. The number of rotatable bonds is 1. The van der Waals surface area contributed by atoms with Gasteiger partial charge in [0, 0.05) is 13.1 Å². The Hall–Kier alpha value is -1.08. The van der Waals surface area contributed by atoms with E-state index in [0.717, 1.165) is 0 Å². The molecule has 0 unspecified atom stereocenters. The molecule has 1 saturated heterocycles. The van der Waals surface area contributed by atoms with E-state index in [-0.39, 0.29) is 18.4 Å². The summed E-state index contributed by atoms with van der Waals surface area (Å²) in [5.41, 5.74) is 0. The zero-order valence-electron chi connectivity index (χ0n) is 6.86. The van der Waals surface area contributed by atoms with Gasteiger partial charge in [-0.3, -0.25) is 4.79 Å². The largest absolute Gasteiger partial charge is 0.393 e. The maximum absolute atomic E-state index is 11.1. The molecule has 4 nitrogen and oxygen atoms in total. The van der Waals surface area contributed by atoms with Crippen LogP contribution in [0.1, 0.15) is 19.3 Å². The molecule has 1 rings (SSSR count). The normalized spacial score (nSPS) is 18.8. The number of carbonyl (C=O) groups excluding carboxylic acids is 1. The number of likely N-dealkylation sites (tertiary alicyclic amines) is 1. The van der Waals surface area contributed by atoms with Gasteiger partial charge in [0.2, 0.25) is 5.91 Å². The minimum Gasteiger partial charge on any atom is -0.393 e. The third-order valence-corrected chi connectivity index (χ3v) is 2.05. The highest BCUT2D eigenvalue weighted by molar-refractivity contribution is 5.78. The molecular formula is C8H12N2O2. The van der Waals surface area contributed by atoms with E-state index in [0.29, 0.717) is 25.9 Å². The highest BCUT2D eigenvalue weighted by atomic mass is 16.3. The third-order valence-electron chi connectivity index (χ3n) is 2.05. The third kappa shape index (κ3) is 2.21. The molecule has 66 valence electrons. The van der Waals surface area contributed by atoms with Crippen LogP contribution in [0, 0.1) is 11.3 Å². The minimum absolute atomic E-state index is 0.0455. The van der Waals surface area contributed by atoms with Crippen LogP contribution in [0.2, 0.25) is 0 Å². The summed E-state index contributed by atoms with van der Waals surface area (Å²) < 4.78 is 0. The van der Waals surface area contributed by atoms with E-state index in [2.05, 4.69) is 0 Å². The van der Waals surface area contributed by atoms with E-state index in [9.17, 15) is 4.79 Å². The van der Waals surface area contributed by atoms with Crippen molar-refractivity contribution in [3.05, 3.63) is 0 Å². The fourth-order valence-electron chi connectivity index (χ4n) is 1.29. The monoisotopic (exact) mass is 168 g/mol. The summed E-state index contributed by atoms with van der Waals surface area (Å²) in [4.78, 5) is 12.8. The molecule has 1 aliphatic heterocycles. The summed E-state index contributed by atoms with van der Waals surface area (Å²) in [6, 6.07) is 1.82. The average Bonchev–Trinajstić information content (AvgIpc) is 2.06. The lowest BCUT2D eigenvalue weighted by atomic mass is 10.1. The van der Waals surface area contributed by atoms with E-state index in [4.69, 9.17) is 10.4 Å². The molecule has 12 heavy (non-hydrogen) atoms. The number of carbonyl (C=O) groups is 1. The number of aliphatic hydroxyl groups excluding tert-OH is 1. The summed E-state index contributed by atoms with van der Waals surface area (Å²) >= 11 is 0. The number of aliphatic hydroxyl groups is 1. The van der Waals surface area contributed by atoms with Crippen molar-refractivity contribution in [1.82, 2.24) is 4.90 Å². The van der Waals surface area contributed by atoms with E-state index in [1.165, 1.54) is 0 Å². The van der Waals surface area contributed by atoms with Crippen LogP contribution in [-0.4, -0.2) is 35.1 Å². The smallest absolute Gasteiger partial charge is 0.236 e. The van der Waals surface area contributed by atoms with Crippen molar-refractivity contribution < 1.29 is 9.90 Å². The second-order valence-corrected chi connectivity index (χ2v) is 2.95. The molecule has 1 amide bonds. The van der Waals surface area contributed by atoms with Crippen molar-refractivity contribution in [2.24, 2.45) is 0 Å². The van der Waals surface area contributed by atoms with Crippen LogP contribution in [0.4, 0.5) is 0 Å². The van der Waals surface area contributed by atoms with Crippen LogP contribution in [0.3, 0.4) is 0 Å². The molecule has 0 spiro atoms. The first-order valence-corrected chi connectivity index (χ1v) is 4.07. The number of piperidine rings is 1. The minimum atomic E-state index is -0.267. The van der Waals surface area contributed by atoms with E-state index in [1.807, 2.05) is 6.07 Å². The Kier molecular flexibility index (Phi) is 3.06. The van der Waals surface area contributed by atoms with Gasteiger partial charge < -0.3 is 10.0 Å². The topological polar surface area (TPSA) is 64.3 Å². The first-order chi connectivity index (χ1) is 5.74. The Bertz CT molecular complexity index is 202. The maximum Gasteiger partial charge on any atom is 0.236 e. The van der Waals surface area contributed by atoms with Crippen LogP contribution in [0.15, 0.2) is 0 Å². The van der Waals surface area contributed by atoms with Gasteiger partial charge in [0.25, 0.3) is 0 Å². The van der Waals surface area contributed by atoms with Crippen LogP contribution >= 0.6 is 0 Å². The van der Waals surface area contributed by atoms with Gasteiger partial charge in [-0.05, 0) is 12.8 Å². The molecule has 1 heterocycles. The van der Waals surface area contributed by atoms with Crippen molar-refractivity contribution in [3.8, 4) is 6.07 Å². The SMILES string of the molecule is N#CCC(=O)N1CCC(O)CC1. The first-order valence-electron chi connectivity index (χ1n) is 4.07. The Morgan fingerprint density at radius 1 is 1.58 bits per heavy atom. The fourth-order valence-corrected chi connectivity index (χ4v) is 1.29. The summed E-state index contributed by atoms with van der Waals surface area (Å²) in [7, 11) is 0. The number of amides is 1.